The first-order chi connectivity index (χ1) is 8.59. The number of aryl methyl sites for hydroxylation is 1. The molecule has 0 aliphatic carbocycles. The molecule has 2 aromatic carbocycles. The first-order valence-corrected chi connectivity index (χ1v) is 6.14. The molecule has 0 amide bonds. The molecule has 18 heavy (non-hydrogen) atoms. The van der Waals surface area contributed by atoms with Gasteiger partial charge >= 0.3 is 0 Å². The van der Waals surface area contributed by atoms with Gasteiger partial charge in [0, 0.05) is 5.02 Å². The Kier molecular flexibility index (Phi) is 4.02. The second kappa shape index (κ2) is 5.53. The monoisotopic (exact) mass is 262 g/mol. The minimum Gasteiger partial charge on any atom is -0.385 e. The maximum Gasteiger partial charge on any atom is 0.109 e. The van der Waals surface area contributed by atoms with Gasteiger partial charge in [-0.25, -0.2) is 0 Å². The van der Waals surface area contributed by atoms with Crippen molar-refractivity contribution in [2.75, 3.05) is 0 Å². The van der Waals surface area contributed by atoms with E-state index in [1.807, 2.05) is 31.2 Å². The summed E-state index contributed by atoms with van der Waals surface area (Å²) in [5.41, 5.74) is 2.24. The molecule has 0 saturated heterocycles. The van der Waals surface area contributed by atoms with Gasteiger partial charge in [-0.05, 0) is 29.7 Å². The summed E-state index contributed by atoms with van der Waals surface area (Å²) in [4.78, 5) is 0. The number of hydrogen-bond acceptors (Lipinski definition) is 2. The van der Waals surface area contributed by atoms with Gasteiger partial charge in [0.05, 0.1) is 0 Å². The molecule has 0 radical (unpaired) electrons. The van der Waals surface area contributed by atoms with Gasteiger partial charge in [-0.1, -0.05) is 54.1 Å². The molecule has 94 valence electrons. The number of hydrogen-bond donors (Lipinski definition) is 2. The van der Waals surface area contributed by atoms with Gasteiger partial charge in [-0.3, -0.25) is 0 Å². The first-order valence-electron chi connectivity index (χ1n) is 5.76. The molecule has 0 bridgehead atoms. The zero-order valence-corrected chi connectivity index (χ0v) is 10.8. The maximum absolute atomic E-state index is 10.1. The van der Waals surface area contributed by atoms with Gasteiger partial charge in [0.15, 0.2) is 0 Å². The molecule has 2 aromatic rings. The van der Waals surface area contributed by atoms with E-state index in [-0.39, 0.29) is 0 Å². The van der Waals surface area contributed by atoms with E-state index >= 15 is 0 Å². The van der Waals surface area contributed by atoms with Crippen molar-refractivity contribution in [1.29, 1.82) is 0 Å². The second-order valence-electron chi connectivity index (χ2n) is 4.31. The molecule has 0 heterocycles. The van der Waals surface area contributed by atoms with Crippen molar-refractivity contribution in [2.24, 2.45) is 0 Å². The number of aliphatic hydroxyl groups is 2. The van der Waals surface area contributed by atoms with Crippen LogP contribution >= 0.6 is 11.6 Å². The smallest absolute Gasteiger partial charge is 0.109 e. The summed E-state index contributed by atoms with van der Waals surface area (Å²) in [6.07, 6.45) is -1.93. The fraction of sp³-hybridized carbons (Fsp3) is 0.200. The zero-order valence-electron chi connectivity index (χ0n) is 10.0. The Morgan fingerprint density at radius 2 is 1.50 bits per heavy atom. The highest BCUT2D eigenvalue weighted by Crippen LogP contribution is 2.30. The molecule has 0 saturated carbocycles. The van der Waals surface area contributed by atoms with Gasteiger partial charge in [0.2, 0.25) is 0 Å². The van der Waals surface area contributed by atoms with Crippen LogP contribution in [0.5, 0.6) is 0 Å². The van der Waals surface area contributed by atoms with Crippen molar-refractivity contribution < 1.29 is 10.2 Å². The Morgan fingerprint density at radius 1 is 0.889 bits per heavy atom. The number of benzene rings is 2. The third-order valence-electron chi connectivity index (χ3n) is 2.98. The third kappa shape index (κ3) is 2.72. The van der Waals surface area contributed by atoms with Gasteiger partial charge in [-0.15, -0.1) is 0 Å². The minimum absolute atomic E-state index is 0.590. The van der Waals surface area contributed by atoms with Crippen LogP contribution in [0.1, 0.15) is 28.9 Å². The summed E-state index contributed by atoms with van der Waals surface area (Å²) < 4.78 is 0. The van der Waals surface area contributed by atoms with Crippen LogP contribution in [0.2, 0.25) is 5.02 Å². The van der Waals surface area contributed by atoms with Crippen molar-refractivity contribution in [1.82, 2.24) is 0 Å². The van der Waals surface area contributed by atoms with Crippen molar-refractivity contribution >= 4 is 11.6 Å². The molecule has 2 N–H and O–H groups in total. The second-order valence-corrected chi connectivity index (χ2v) is 4.72. The van der Waals surface area contributed by atoms with Crippen LogP contribution in [-0.4, -0.2) is 10.2 Å². The molecular weight excluding hydrogens is 248 g/mol. The molecule has 0 aliphatic rings. The minimum atomic E-state index is -0.981. The standard InChI is InChI=1S/C15H15ClO2/c1-10-7-8-12(9-13(10)16)15(18)14(17)11-5-3-2-4-6-11/h2-9,14-15,17-18H,1H3. The molecule has 0 aromatic heterocycles. The lowest BCUT2D eigenvalue weighted by molar-refractivity contribution is 0.0172. The molecule has 2 nitrogen and oxygen atoms in total. The van der Waals surface area contributed by atoms with E-state index < -0.39 is 12.2 Å². The van der Waals surface area contributed by atoms with Gasteiger partial charge in [0.1, 0.15) is 12.2 Å². The number of aliphatic hydroxyl groups excluding tert-OH is 2. The summed E-state index contributed by atoms with van der Waals surface area (Å²) in [6, 6.07) is 14.4. The van der Waals surface area contributed by atoms with Crippen LogP contribution in [-0.2, 0) is 0 Å². The van der Waals surface area contributed by atoms with E-state index in [2.05, 4.69) is 0 Å². The molecule has 2 atom stereocenters. The highest BCUT2D eigenvalue weighted by atomic mass is 35.5. The molecule has 2 rings (SSSR count). The summed E-state index contributed by atoms with van der Waals surface area (Å²) in [5.74, 6) is 0. The quantitative estimate of drug-likeness (QED) is 0.890. The maximum atomic E-state index is 10.1. The van der Waals surface area contributed by atoms with Gasteiger partial charge in [0.25, 0.3) is 0 Å². The molecule has 0 spiro atoms. The highest BCUT2D eigenvalue weighted by Gasteiger charge is 2.20. The lowest BCUT2D eigenvalue weighted by Gasteiger charge is -2.19. The van der Waals surface area contributed by atoms with Crippen molar-refractivity contribution in [3.63, 3.8) is 0 Å². The van der Waals surface area contributed by atoms with Crippen LogP contribution < -0.4 is 0 Å². The lowest BCUT2D eigenvalue weighted by atomic mass is 9.98. The van der Waals surface area contributed by atoms with E-state index in [0.29, 0.717) is 16.1 Å². The van der Waals surface area contributed by atoms with E-state index in [4.69, 9.17) is 11.6 Å². The Morgan fingerprint density at radius 3 is 2.11 bits per heavy atom. The van der Waals surface area contributed by atoms with Crippen molar-refractivity contribution in [2.45, 2.75) is 19.1 Å². The molecule has 0 fully saturated rings. The summed E-state index contributed by atoms with van der Waals surface area (Å²) in [5, 5.41) is 20.8. The molecule has 0 aliphatic heterocycles. The van der Waals surface area contributed by atoms with Gasteiger partial charge in [-0.2, -0.15) is 0 Å². The van der Waals surface area contributed by atoms with Gasteiger partial charge < -0.3 is 10.2 Å². The van der Waals surface area contributed by atoms with Crippen LogP contribution in [0, 0.1) is 6.92 Å². The normalized spacial score (nSPS) is 14.2. The Labute approximate surface area is 111 Å². The van der Waals surface area contributed by atoms with E-state index in [0.717, 1.165) is 5.56 Å². The largest absolute Gasteiger partial charge is 0.385 e. The van der Waals surface area contributed by atoms with Crippen LogP contribution in [0.4, 0.5) is 0 Å². The van der Waals surface area contributed by atoms with E-state index in [1.165, 1.54) is 0 Å². The molecule has 2 unspecified atom stereocenters. The van der Waals surface area contributed by atoms with Crippen molar-refractivity contribution in [3.8, 4) is 0 Å². The van der Waals surface area contributed by atoms with Crippen LogP contribution in [0.3, 0.4) is 0 Å². The molecular formula is C15H15ClO2. The Hall–Kier alpha value is -1.35. The van der Waals surface area contributed by atoms with E-state index in [9.17, 15) is 10.2 Å². The van der Waals surface area contributed by atoms with E-state index in [1.54, 1.807) is 24.3 Å². The highest BCUT2D eigenvalue weighted by molar-refractivity contribution is 6.31. The van der Waals surface area contributed by atoms with Crippen LogP contribution in [0.25, 0.3) is 0 Å². The summed E-state index contributed by atoms with van der Waals surface area (Å²) >= 11 is 6.02. The lowest BCUT2D eigenvalue weighted by Crippen LogP contribution is -2.10. The fourth-order valence-corrected chi connectivity index (χ4v) is 2.00. The zero-order chi connectivity index (χ0) is 13.1. The predicted octanol–water partition coefficient (Wildman–Crippen LogP) is 3.42. The fourth-order valence-electron chi connectivity index (χ4n) is 1.81. The Balaban J connectivity index is 2.25. The Bertz CT molecular complexity index is 525. The predicted molar refractivity (Wildman–Crippen MR) is 72.6 cm³/mol. The summed E-state index contributed by atoms with van der Waals surface area (Å²) in [6.45, 7) is 1.89. The first kappa shape index (κ1) is 13.1. The average molecular weight is 263 g/mol. The third-order valence-corrected chi connectivity index (χ3v) is 3.38. The SMILES string of the molecule is Cc1ccc(C(O)C(O)c2ccccc2)cc1Cl. The summed E-state index contributed by atoms with van der Waals surface area (Å²) in [7, 11) is 0. The number of halogens is 1. The molecule has 3 heteroatoms. The topological polar surface area (TPSA) is 40.5 Å². The number of rotatable bonds is 3. The van der Waals surface area contributed by atoms with Crippen LogP contribution in [0.15, 0.2) is 48.5 Å². The average Bonchev–Trinajstić information content (AvgIpc) is 2.41. The van der Waals surface area contributed by atoms with Crippen molar-refractivity contribution in [3.05, 3.63) is 70.2 Å².